The number of nitrogens with one attached hydrogen (secondary N) is 1. The second-order valence-electron chi connectivity index (χ2n) is 4.40. The van der Waals surface area contributed by atoms with Gasteiger partial charge in [0, 0.05) is 18.9 Å². The largest absolute Gasteiger partial charge is 0.416 e. The second kappa shape index (κ2) is 6.52. The van der Waals surface area contributed by atoms with E-state index in [1.807, 2.05) is 0 Å². The average molecular weight is 311 g/mol. The minimum atomic E-state index is -4.58. The van der Waals surface area contributed by atoms with Crippen molar-refractivity contribution in [2.75, 3.05) is 6.54 Å². The summed E-state index contributed by atoms with van der Waals surface area (Å²) in [6, 6.07) is 4.67. The molecular weight excluding hydrogens is 299 g/mol. The third kappa shape index (κ3) is 3.79. The van der Waals surface area contributed by atoms with Crippen LogP contribution in [0.15, 0.2) is 42.9 Å². The van der Waals surface area contributed by atoms with Crippen molar-refractivity contribution in [3.05, 3.63) is 59.7 Å². The maximum Gasteiger partial charge on any atom is 0.416 e. The number of benzene rings is 1. The number of aliphatic hydroxyl groups is 1. The highest BCUT2D eigenvalue weighted by Crippen LogP contribution is 2.34. The number of alkyl halides is 3. The summed E-state index contributed by atoms with van der Waals surface area (Å²) < 4.78 is 38.6. The number of nitrogens with zero attached hydrogens (tertiary/aromatic N) is 2. The van der Waals surface area contributed by atoms with E-state index in [1.54, 1.807) is 0 Å². The SMILES string of the molecule is O=C(NC[C@H](O)c1ccccc1C(F)(F)F)c1cnccn1. The van der Waals surface area contributed by atoms with Crippen LogP contribution in [0.2, 0.25) is 0 Å². The van der Waals surface area contributed by atoms with Crippen molar-refractivity contribution < 1.29 is 23.1 Å². The number of amides is 1. The lowest BCUT2D eigenvalue weighted by Crippen LogP contribution is -2.30. The first-order valence-corrected chi connectivity index (χ1v) is 6.28. The van der Waals surface area contributed by atoms with E-state index >= 15 is 0 Å². The highest BCUT2D eigenvalue weighted by molar-refractivity contribution is 5.91. The van der Waals surface area contributed by atoms with Crippen LogP contribution in [0.4, 0.5) is 13.2 Å². The summed E-state index contributed by atoms with van der Waals surface area (Å²) in [5.41, 5.74) is -1.22. The highest BCUT2D eigenvalue weighted by atomic mass is 19.4. The molecule has 0 unspecified atom stereocenters. The molecule has 0 aliphatic heterocycles. The average Bonchev–Trinajstić information content (AvgIpc) is 2.52. The van der Waals surface area contributed by atoms with Crippen molar-refractivity contribution >= 4 is 5.91 Å². The summed E-state index contributed by atoms with van der Waals surface area (Å²) in [5, 5.41) is 12.2. The monoisotopic (exact) mass is 311 g/mol. The number of carbonyl (C=O) groups excluding carboxylic acids is 1. The molecule has 0 saturated carbocycles. The molecule has 0 spiro atoms. The Morgan fingerprint density at radius 2 is 2.00 bits per heavy atom. The van der Waals surface area contributed by atoms with E-state index in [0.717, 1.165) is 6.07 Å². The lowest BCUT2D eigenvalue weighted by Gasteiger charge is -2.17. The fraction of sp³-hybridized carbons (Fsp3) is 0.214. The molecule has 0 saturated heterocycles. The summed E-state index contributed by atoms with van der Waals surface area (Å²) in [5.74, 6) is -0.628. The number of halogens is 3. The third-order valence-electron chi connectivity index (χ3n) is 2.88. The van der Waals surface area contributed by atoms with Crippen molar-refractivity contribution in [3.8, 4) is 0 Å². The van der Waals surface area contributed by atoms with Gasteiger partial charge in [0.2, 0.25) is 0 Å². The molecule has 1 aromatic heterocycles. The molecule has 1 amide bonds. The fourth-order valence-corrected chi connectivity index (χ4v) is 1.85. The normalized spacial score (nSPS) is 12.7. The zero-order chi connectivity index (χ0) is 16.2. The van der Waals surface area contributed by atoms with Gasteiger partial charge < -0.3 is 10.4 Å². The lowest BCUT2D eigenvalue weighted by atomic mass is 10.0. The Balaban J connectivity index is 2.07. The Morgan fingerprint density at radius 1 is 1.27 bits per heavy atom. The molecule has 1 aromatic carbocycles. The molecule has 0 fully saturated rings. The zero-order valence-electron chi connectivity index (χ0n) is 11.2. The Bertz CT molecular complexity index is 647. The van der Waals surface area contributed by atoms with E-state index < -0.39 is 23.8 Å². The van der Waals surface area contributed by atoms with Gasteiger partial charge in [0.25, 0.3) is 5.91 Å². The van der Waals surface area contributed by atoms with Gasteiger partial charge in [-0.25, -0.2) is 4.98 Å². The van der Waals surface area contributed by atoms with Crippen LogP contribution in [-0.4, -0.2) is 27.5 Å². The summed E-state index contributed by atoms with van der Waals surface area (Å²) in [7, 11) is 0. The Hall–Kier alpha value is -2.48. The molecule has 0 radical (unpaired) electrons. The van der Waals surface area contributed by atoms with Crippen molar-refractivity contribution in [3.63, 3.8) is 0 Å². The molecule has 2 aromatic rings. The van der Waals surface area contributed by atoms with Crippen molar-refractivity contribution in [2.45, 2.75) is 12.3 Å². The number of aliphatic hydroxyl groups excluding tert-OH is 1. The van der Waals surface area contributed by atoms with Crippen LogP contribution < -0.4 is 5.32 Å². The maximum absolute atomic E-state index is 12.9. The van der Waals surface area contributed by atoms with E-state index in [0.29, 0.717) is 0 Å². The summed E-state index contributed by atoms with van der Waals surface area (Å²) in [6.07, 6.45) is -2.16. The first-order valence-electron chi connectivity index (χ1n) is 6.28. The van der Waals surface area contributed by atoms with Crippen molar-refractivity contribution in [1.29, 1.82) is 0 Å². The number of hydrogen-bond donors (Lipinski definition) is 2. The van der Waals surface area contributed by atoms with E-state index in [1.165, 1.54) is 36.8 Å². The molecule has 116 valence electrons. The van der Waals surface area contributed by atoms with Gasteiger partial charge >= 0.3 is 6.18 Å². The van der Waals surface area contributed by atoms with Gasteiger partial charge in [-0.15, -0.1) is 0 Å². The minimum absolute atomic E-state index is 0.0128. The number of aromatic nitrogens is 2. The summed E-state index contributed by atoms with van der Waals surface area (Å²) in [6.45, 7) is -0.373. The molecule has 2 rings (SSSR count). The molecule has 0 bridgehead atoms. The maximum atomic E-state index is 12.9. The smallest absolute Gasteiger partial charge is 0.387 e. The van der Waals surface area contributed by atoms with Crippen molar-refractivity contribution in [2.24, 2.45) is 0 Å². The topological polar surface area (TPSA) is 75.1 Å². The van der Waals surface area contributed by atoms with Crippen molar-refractivity contribution in [1.82, 2.24) is 15.3 Å². The van der Waals surface area contributed by atoms with Crippen LogP contribution in [0, 0.1) is 0 Å². The van der Waals surface area contributed by atoms with Gasteiger partial charge in [0.15, 0.2) is 0 Å². The molecule has 2 N–H and O–H groups in total. The molecule has 1 atom stereocenters. The third-order valence-corrected chi connectivity index (χ3v) is 2.88. The van der Waals surface area contributed by atoms with Crippen LogP contribution in [0.3, 0.4) is 0 Å². The first-order chi connectivity index (χ1) is 10.4. The van der Waals surface area contributed by atoms with E-state index in [2.05, 4.69) is 15.3 Å². The van der Waals surface area contributed by atoms with Gasteiger partial charge in [-0.2, -0.15) is 13.2 Å². The standard InChI is InChI=1S/C14H12F3N3O2/c15-14(16,17)10-4-2-1-3-9(10)12(21)8-20-13(22)11-7-18-5-6-19-11/h1-7,12,21H,8H2,(H,20,22)/t12-/m0/s1. The lowest BCUT2D eigenvalue weighted by molar-refractivity contribution is -0.139. The van der Waals surface area contributed by atoms with Gasteiger partial charge in [0.1, 0.15) is 5.69 Å². The summed E-state index contributed by atoms with van der Waals surface area (Å²) in [4.78, 5) is 19.2. The zero-order valence-corrected chi connectivity index (χ0v) is 11.2. The number of hydrogen-bond acceptors (Lipinski definition) is 4. The predicted molar refractivity (Wildman–Crippen MR) is 70.8 cm³/mol. The van der Waals surface area contributed by atoms with Gasteiger partial charge in [-0.05, 0) is 11.6 Å². The van der Waals surface area contributed by atoms with Gasteiger partial charge in [0.05, 0.1) is 17.9 Å². The molecule has 1 heterocycles. The Labute approximate surface area is 123 Å². The fourth-order valence-electron chi connectivity index (χ4n) is 1.85. The van der Waals surface area contributed by atoms with Crippen LogP contribution in [0.5, 0.6) is 0 Å². The Kier molecular flexibility index (Phi) is 4.71. The molecule has 22 heavy (non-hydrogen) atoms. The first kappa shape index (κ1) is 15.9. The highest BCUT2D eigenvalue weighted by Gasteiger charge is 2.34. The molecule has 0 aliphatic carbocycles. The molecule has 0 aliphatic rings. The van der Waals surface area contributed by atoms with E-state index in [9.17, 15) is 23.1 Å². The predicted octanol–water partition coefficient (Wildman–Crippen LogP) is 1.96. The van der Waals surface area contributed by atoms with Crippen LogP contribution in [0.25, 0.3) is 0 Å². The molecule has 5 nitrogen and oxygen atoms in total. The number of carbonyl (C=O) groups is 1. The van der Waals surface area contributed by atoms with Gasteiger partial charge in [-0.3, -0.25) is 9.78 Å². The van der Waals surface area contributed by atoms with E-state index in [4.69, 9.17) is 0 Å². The van der Waals surface area contributed by atoms with Crippen LogP contribution in [-0.2, 0) is 6.18 Å². The molecular formula is C14H12F3N3O2. The van der Waals surface area contributed by atoms with Crippen LogP contribution >= 0.6 is 0 Å². The minimum Gasteiger partial charge on any atom is -0.387 e. The van der Waals surface area contributed by atoms with Crippen LogP contribution in [0.1, 0.15) is 27.7 Å². The Morgan fingerprint density at radius 3 is 2.64 bits per heavy atom. The van der Waals surface area contributed by atoms with Gasteiger partial charge in [-0.1, -0.05) is 18.2 Å². The molecule has 8 heteroatoms. The quantitative estimate of drug-likeness (QED) is 0.905. The number of rotatable bonds is 4. The summed E-state index contributed by atoms with van der Waals surface area (Å²) >= 11 is 0. The van der Waals surface area contributed by atoms with E-state index in [-0.39, 0.29) is 17.8 Å². The second-order valence-corrected chi connectivity index (χ2v) is 4.40.